The summed E-state index contributed by atoms with van der Waals surface area (Å²) in [6.45, 7) is 6.29. The van der Waals surface area contributed by atoms with Gasteiger partial charge in [-0.05, 0) is 38.5 Å². The minimum absolute atomic E-state index is 0.145. The molecule has 0 spiro atoms. The van der Waals surface area contributed by atoms with Gasteiger partial charge in [0.2, 0.25) is 5.91 Å². The first-order chi connectivity index (χ1) is 8.24. The fraction of sp³-hybridized carbons (Fsp3) is 0.462. The van der Waals surface area contributed by atoms with Gasteiger partial charge in [-0.15, -0.1) is 0 Å². The van der Waals surface area contributed by atoms with E-state index in [1.807, 2.05) is 32.0 Å². The summed E-state index contributed by atoms with van der Waals surface area (Å²) >= 11 is 6.96. The van der Waals surface area contributed by atoms with Crippen molar-refractivity contribution in [1.82, 2.24) is 5.32 Å². The smallest absolute Gasteiger partial charge is 0.224 e. The normalized spacial score (nSPS) is 13.4. The molecule has 5 heteroatoms. The molecule has 100 valence electrons. The van der Waals surface area contributed by atoms with E-state index in [0.29, 0.717) is 6.54 Å². The molecule has 0 bridgehead atoms. The van der Waals surface area contributed by atoms with Gasteiger partial charge in [0.05, 0.1) is 5.41 Å². The largest absolute Gasteiger partial charge is 0.369 e. The molecule has 0 saturated carbocycles. The van der Waals surface area contributed by atoms with E-state index in [1.165, 1.54) is 0 Å². The van der Waals surface area contributed by atoms with Crippen molar-refractivity contribution in [3.8, 4) is 0 Å². The Balaban J connectivity index is 2.71. The molecule has 1 amide bonds. The zero-order valence-corrected chi connectivity index (χ0v) is 13.9. The maximum Gasteiger partial charge on any atom is 0.224 e. The van der Waals surface area contributed by atoms with Crippen LogP contribution in [0.5, 0.6) is 0 Å². The number of hydrogen-bond donors (Lipinski definition) is 2. The summed E-state index contributed by atoms with van der Waals surface area (Å²) in [6.07, 6.45) is 0. The van der Waals surface area contributed by atoms with Crippen molar-refractivity contribution in [2.45, 2.75) is 26.8 Å². The van der Waals surface area contributed by atoms with Crippen LogP contribution in [0.25, 0.3) is 0 Å². The Morgan fingerprint density at radius 2 is 2.06 bits per heavy atom. The molecule has 3 nitrogen and oxygen atoms in total. The molecule has 1 aromatic carbocycles. The predicted molar refractivity (Wildman–Crippen MR) is 81.2 cm³/mol. The second kappa shape index (κ2) is 6.17. The van der Waals surface area contributed by atoms with E-state index >= 15 is 0 Å². The standard InChI is InChI=1S/C13H18Br2N2O/c1-8(17-7-13(2,3)12(16)18)10-5-4-9(14)6-11(10)15/h4-6,8,17H,7H2,1-3H3,(H2,16,18)/t8-/m0/s1. The first-order valence-corrected chi connectivity index (χ1v) is 7.31. The molecule has 18 heavy (non-hydrogen) atoms. The Labute approximate surface area is 125 Å². The fourth-order valence-corrected chi connectivity index (χ4v) is 2.85. The summed E-state index contributed by atoms with van der Waals surface area (Å²) in [7, 11) is 0. The maximum atomic E-state index is 11.2. The monoisotopic (exact) mass is 376 g/mol. The second-order valence-corrected chi connectivity index (χ2v) is 6.79. The number of carbonyl (C=O) groups is 1. The van der Waals surface area contributed by atoms with E-state index in [-0.39, 0.29) is 11.9 Å². The Hall–Kier alpha value is -0.390. The van der Waals surface area contributed by atoms with E-state index in [1.54, 1.807) is 0 Å². The Morgan fingerprint density at radius 1 is 1.44 bits per heavy atom. The number of halogens is 2. The van der Waals surface area contributed by atoms with Crippen molar-refractivity contribution in [3.05, 3.63) is 32.7 Å². The highest BCUT2D eigenvalue weighted by Crippen LogP contribution is 2.27. The van der Waals surface area contributed by atoms with Crippen molar-refractivity contribution in [2.24, 2.45) is 11.1 Å². The lowest BCUT2D eigenvalue weighted by Crippen LogP contribution is -2.41. The summed E-state index contributed by atoms with van der Waals surface area (Å²) in [5.74, 6) is -0.294. The topological polar surface area (TPSA) is 55.1 Å². The molecular formula is C13H18Br2N2O. The Kier molecular flexibility index (Phi) is 5.37. The van der Waals surface area contributed by atoms with Crippen LogP contribution in [0.1, 0.15) is 32.4 Å². The van der Waals surface area contributed by atoms with Crippen LogP contribution in [0.4, 0.5) is 0 Å². The molecular weight excluding hydrogens is 360 g/mol. The van der Waals surface area contributed by atoms with Crippen molar-refractivity contribution in [1.29, 1.82) is 0 Å². The Bertz CT molecular complexity index is 447. The van der Waals surface area contributed by atoms with Crippen molar-refractivity contribution >= 4 is 37.8 Å². The number of hydrogen-bond acceptors (Lipinski definition) is 2. The van der Waals surface area contributed by atoms with Crippen LogP contribution < -0.4 is 11.1 Å². The number of nitrogens with two attached hydrogens (primary N) is 1. The summed E-state index contributed by atoms with van der Waals surface area (Å²) in [6, 6.07) is 6.19. The average Bonchev–Trinajstić information content (AvgIpc) is 2.25. The molecule has 0 saturated heterocycles. The quantitative estimate of drug-likeness (QED) is 0.826. The fourth-order valence-electron chi connectivity index (χ4n) is 1.46. The van der Waals surface area contributed by atoms with Gasteiger partial charge in [0.1, 0.15) is 0 Å². The molecule has 0 aliphatic heterocycles. The number of primary amides is 1. The molecule has 0 aliphatic rings. The molecule has 0 radical (unpaired) electrons. The Morgan fingerprint density at radius 3 is 2.56 bits per heavy atom. The molecule has 0 heterocycles. The van der Waals surface area contributed by atoms with Gasteiger partial charge in [0.15, 0.2) is 0 Å². The minimum atomic E-state index is -0.546. The first kappa shape index (κ1) is 15.7. The maximum absolute atomic E-state index is 11.2. The van der Waals surface area contributed by atoms with Crippen LogP contribution in [-0.2, 0) is 4.79 Å². The molecule has 0 fully saturated rings. The lowest BCUT2D eigenvalue weighted by molar-refractivity contribution is -0.125. The van der Waals surface area contributed by atoms with E-state index in [0.717, 1.165) is 14.5 Å². The van der Waals surface area contributed by atoms with Gasteiger partial charge < -0.3 is 11.1 Å². The highest BCUT2D eigenvalue weighted by Gasteiger charge is 2.25. The number of rotatable bonds is 5. The molecule has 0 aliphatic carbocycles. The lowest BCUT2D eigenvalue weighted by atomic mass is 9.92. The van der Waals surface area contributed by atoms with Crippen LogP contribution in [0.15, 0.2) is 27.1 Å². The van der Waals surface area contributed by atoms with E-state index in [9.17, 15) is 4.79 Å². The molecule has 0 aromatic heterocycles. The molecule has 0 unspecified atom stereocenters. The number of nitrogens with one attached hydrogen (secondary N) is 1. The third-order valence-corrected chi connectivity index (χ3v) is 4.13. The number of amides is 1. The number of benzene rings is 1. The van der Waals surface area contributed by atoms with Crippen molar-refractivity contribution in [2.75, 3.05) is 6.54 Å². The van der Waals surface area contributed by atoms with Gasteiger partial charge in [0.25, 0.3) is 0 Å². The highest BCUT2D eigenvalue weighted by molar-refractivity contribution is 9.11. The van der Waals surface area contributed by atoms with E-state index < -0.39 is 5.41 Å². The van der Waals surface area contributed by atoms with Crippen LogP contribution in [0.3, 0.4) is 0 Å². The van der Waals surface area contributed by atoms with E-state index in [4.69, 9.17) is 5.73 Å². The van der Waals surface area contributed by atoms with E-state index in [2.05, 4.69) is 44.1 Å². The second-order valence-electron chi connectivity index (χ2n) is 5.02. The summed E-state index contributed by atoms with van der Waals surface area (Å²) < 4.78 is 2.07. The average molecular weight is 378 g/mol. The van der Waals surface area contributed by atoms with Gasteiger partial charge in [0, 0.05) is 21.5 Å². The van der Waals surface area contributed by atoms with Gasteiger partial charge in [-0.1, -0.05) is 37.9 Å². The molecule has 1 aromatic rings. The summed E-state index contributed by atoms with van der Waals surface area (Å²) in [5, 5.41) is 3.33. The molecule has 1 rings (SSSR count). The van der Waals surface area contributed by atoms with Crippen molar-refractivity contribution in [3.63, 3.8) is 0 Å². The SMILES string of the molecule is C[C@H](NCC(C)(C)C(N)=O)c1ccc(Br)cc1Br. The van der Waals surface area contributed by atoms with Crippen molar-refractivity contribution < 1.29 is 4.79 Å². The van der Waals surface area contributed by atoms with Gasteiger partial charge >= 0.3 is 0 Å². The minimum Gasteiger partial charge on any atom is -0.369 e. The van der Waals surface area contributed by atoms with Gasteiger partial charge in [-0.25, -0.2) is 0 Å². The first-order valence-electron chi connectivity index (χ1n) is 5.72. The predicted octanol–water partition coefficient (Wildman–Crippen LogP) is 3.37. The highest BCUT2D eigenvalue weighted by atomic mass is 79.9. The van der Waals surface area contributed by atoms with Crippen LogP contribution >= 0.6 is 31.9 Å². The zero-order chi connectivity index (χ0) is 13.9. The van der Waals surface area contributed by atoms with Gasteiger partial charge in [-0.3, -0.25) is 4.79 Å². The summed E-state index contributed by atoms with van der Waals surface area (Å²) in [5.41, 5.74) is 5.96. The van der Waals surface area contributed by atoms with Crippen LogP contribution in [0, 0.1) is 5.41 Å². The van der Waals surface area contributed by atoms with Gasteiger partial charge in [-0.2, -0.15) is 0 Å². The number of carbonyl (C=O) groups excluding carboxylic acids is 1. The third-order valence-electron chi connectivity index (χ3n) is 2.95. The van der Waals surface area contributed by atoms with Crippen LogP contribution in [-0.4, -0.2) is 12.5 Å². The summed E-state index contributed by atoms with van der Waals surface area (Å²) in [4.78, 5) is 11.2. The zero-order valence-electron chi connectivity index (χ0n) is 10.8. The lowest BCUT2D eigenvalue weighted by Gasteiger charge is -2.24. The van der Waals surface area contributed by atoms with Crippen LogP contribution in [0.2, 0.25) is 0 Å². The molecule has 1 atom stereocenters. The third kappa shape index (κ3) is 4.07. The molecule has 3 N–H and O–H groups in total.